The van der Waals surface area contributed by atoms with Crippen molar-refractivity contribution in [3.05, 3.63) is 35.6 Å². The summed E-state index contributed by atoms with van der Waals surface area (Å²) in [5.74, 6) is -1.17. The molecule has 0 saturated heterocycles. The summed E-state index contributed by atoms with van der Waals surface area (Å²) in [4.78, 5) is 21.4. The maximum atomic E-state index is 12.6. The van der Waals surface area contributed by atoms with E-state index in [0.29, 0.717) is 0 Å². The first kappa shape index (κ1) is 9.97. The number of nitrogens with one attached hydrogen (secondary N) is 2. The highest BCUT2D eigenvalue weighted by atomic mass is 19.1. The van der Waals surface area contributed by atoms with Crippen molar-refractivity contribution in [1.29, 1.82) is 0 Å². The maximum absolute atomic E-state index is 12.6. The third-order valence-corrected chi connectivity index (χ3v) is 1.39. The zero-order valence-electron chi connectivity index (χ0n) is 7.08. The largest absolute Gasteiger partial charge is 0.350 e. The van der Waals surface area contributed by atoms with Gasteiger partial charge in [-0.2, -0.15) is 0 Å². The van der Waals surface area contributed by atoms with Gasteiger partial charge in [0.25, 0.3) is 5.91 Å². The van der Waals surface area contributed by atoms with Gasteiger partial charge in [-0.05, 0) is 18.2 Å². The van der Waals surface area contributed by atoms with Crippen LogP contribution in [-0.4, -0.2) is 11.9 Å². The van der Waals surface area contributed by atoms with Gasteiger partial charge in [-0.25, -0.2) is 14.6 Å². The van der Waals surface area contributed by atoms with Gasteiger partial charge >= 0.3 is 6.03 Å². The topological polar surface area (TPSA) is 84.2 Å². The second-order valence-corrected chi connectivity index (χ2v) is 2.45. The molecule has 0 atom stereocenters. The lowest BCUT2D eigenvalue weighted by molar-refractivity contribution is 0.0937. The number of hydrazine groups is 1. The van der Waals surface area contributed by atoms with Crippen molar-refractivity contribution in [3.63, 3.8) is 0 Å². The summed E-state index contributed by atoms with van der Waals surface area (Å²) in [7, 11) is 0. The fourth-order valence-electron chi connectivity index (χ4n) is 0.820. The van der Waals surface area contributed by atoms with Crippen molar-refractivity contribution in [2.24, 2.45) is 5.73 Å². The molecule has 0 saturated carbocycles. The number of hydrogen-bond donors (Lipinski definition) is 3. The molecule has 4 N–H and O–H groups in total. The molecule has 74 valence electrons. The van der Waals surface area contributed by atoms with Crippen LogP contribution in [0.3, 0.4) is 0 Å². The molecule has 1 rings (SSSR count). The summed E-state index contributed by atoms with van der Waals surface area (Å²) in [5, 5.41) is 0. The van der Waals surface area contributed by atoms with E-state index >= 15 is 0 Å². The van der Waals surface area contributed by atoms with Crippen molar-refractivity contribution < 1.29 is 14.0 Å². The monoisotopic (exact) mass is 197 g/mol. The number of carbonyl (C=O) groups excluding carboxylic acids is 2. The molecule has 0 aliphatic heterocycles. The number of primary amides is 1. The lowest BCUT2D eigenvalue weighted by atomic mass is 10.2. The zero-order chi connectivity index (χ0) is 10.6. The minimum absolute atomic E-state index is 0.0961. The molecule has 0 unspecified atom stereocenters. The number of nitrogens with two attached hydrogens (primary N) is 1. The Kier molecular flexibility index (Phi) is 3.01. The van der Waals surface area contributed by atoms with Crippen LogP contribution in [0.5, 0.6) is 0 Å². The molecule has 14 heavy (non-hydrogen) atoms. The molecule has 1 aromatic carbocycles. The standard InChI is InChI=1S/C8H8FN3O2/c9-6-3-1-2-5(4-6)7(13)11-12-8(10)14/h1-4H,(H,11,13)(H3,10,12,14). The fourth-order valence-corrected chi connectivity index (χ4v) is 0.820. The SMILES string of the molecule is NC(=O)NNC(=O)c1cccc(F)c1. The van der Waals surface area contributed by atoms with Crippen LogP contribution in [0.25, 0.3) is 0 Å². The van der Waals surface area contributed by atoms with E-state index in [1.54, 1.807) is 0 Å². The van der Waals surface area contributed by atoms with Crippen molar-refractivity contribution in [2.45, 2.75) is 0 Å². The predicted octanol–water partition coefficient (Wildman–Crippen LogP) is 0.139. The summed E-state index contributed by atoms with van der Waals surface area (Å²) in [6, 6.07) is 4.14. The highest BCUT2D eigenvalue weighted by Gasteiger charge is 2.05. The Morgan fingerprint density at radius 3 is 2.57 bits per heavy atom. The van der Waals surface area contributed by atoms with Crippen molar-refractivity contribution >= 4 is 11.9 Å². The van der Waals surface area contributed by atoms with E-state index in [2.05, 4.69) is 0 Å². The Morgan fingerprint density at radius 2 is 2.00 bits per heavy atom. The minimum atomic E-state index is -0.894. The summed E-state index contributed by atoms with van der Waals surface area (Å²) in [5.41, 5.74) is 8.68. The van der Waals surface area contributed by atoms with Gasteiger partial charge in [-0.1, -0.05) is 6.07 Å². The van der Waals surface area contributed by atoms with Crippen LogP contribution in [0.15, 0.2) is 24.3 Å². The van der Waals surface area contributed by atoms with Gasteiger partial charge in [0.05, 0.1) is 0 Å². The summed E-state index contributed by atoms with van der Waals surface area (Å²) in [6.07, 6.45) is 0. The summed E-state index contributed by atoms with van der Waals surface area (Å²) >= 11 is 0. The Balaban J connectivity index is 2.65. The van der Waals surface area contributed by atoms with E-state index < -0.39 is 17.8 Å². The zero-order valence-corrected chi connectivity index (χ0v) is 7.08. The first-order chi connectivity index (χ1) is 6.59. The molecule has 0 aliphatic rings. The van der Waals surface area contributed by atoms with E-state index in [0.717, 1.165) is 6.07 Å². The van der Waals surface area contributed by atoms with Crippen LogP contribution in [0.4, 0.5) is 9.18 Å². The van der Waals surface area contributed by atoms with Crippen LogP contribution in [0.1, 0.15) is 10.4 Å². The normalized spacial score (nSPS) is 9.21. The van der Waals surface area contributed by atoms with Crippen molar-refractivity contribution in [2.75, 3.05) is 0 Å². The molecule has 0 heterocycles. The molecule has 0 spiro atoms. The number of urea groups is 1. The molecule has 0 fully saturated rings. The Morgan fingerprint density at radius 1 is 1.29 bits per heavy atom. The maximum Gasteiger partial charge on any atom is 0.330 e. The van der Waals surface area contributed by atoms with Crippen LogP contribution in [0, 0.1) is 5.82 Å². The molecule has 1 aromatic rings. The molecular weight excluding hydrogens is 189 g/mol. The van der Waals surface area contributed by atoms with E-state index in [1.165, 1.54) is 18.2 Å². The van der Waals surface area contributed by atoms with Gasteiger partial charge < -0.3 is 5.73 Å². The molecule has 0 aliphatic carbocycles. The smallest absolute Gasteiger partial charge is 0.330 e. The lowest BCUT2D eigenvalue weighted by Crippen LogP contribution is -2.44. The molecule has 6 heteroatoms. The molecule has 3 amide bonds. The summed E-state index contributed by atoms with van der Waals surface area (Å²) < 4.78 is 12.6. The third-order valence-electron chi connectivity index (χ3n) is 1.39. The molecule has 5 nitrogen and oxygen atoms in total. The van der Waals surface area contributed by atoms with E-state index in [1.807, 2.05) is 10.9 Å². The highest BCUT2D eigenvalue weighted by Crippen LogP contribution is 2.02. The highest BCUT2D eigenvalue weighted by molar-refractivity contribution is 5.95. The average molecular weight is 197 g/mol. The predicted molar refractivity (Wildman–Crippen MR) is 46.6 cm³/mol. The van der Waals surface area contributed by atoms with Crippen LogP contribution in [0.2, 0.25) is 0 Å². The Labute approximate surface area is 79.1 Å². The van der Waals surface area contributed by atoms with Crippen LogP contribution in [-0.2, 0) is 0 Å². The molecule has 0 bridgehead atoms. The quantitative estimate of drug-likeness (QED) is 0.559. The van der Waals surface area contributed by atoms with Crippen LogP contribution < -0.4 is 16.6 Å². The van der Waals surface area contributed by atoms with E-state index in [-0.39, 0.29) is 5.56 Å². The average Bonchev–Trinajstić information content (AvgIpc) is 2.14. The second kappa shape index (κ2) is 4.22. The Hall–Kier alpha value is -2.11. The number of rotatable bonds is 1. The number of hydrogen-bond acceptors (Lipinski definition) is 2. The third kappa shape index (κ3) is 2.74. The van der Waals surface area contributed by atoms with Gasteiger partial charge in [0, 0.05) is 5.56 Å². The van der Waals surface area contributed by atoms with Crippen LogP contribution >= 0.6 is 0 Å². The fraction of sp³-hybridized carbons (Fsp3) is 0. The van der Waals surface area contributed by atoms with Gasteiger partial charge in [-0.15, -0.1) is 0 Å². The van der Waals surface area contributed by atoms with Crippen molar-refractivity contribution in [1.82, 2.24) is 10.9 Å². The van der Waals surface area contributed by atoms with Gasteiger partial charge in [0.15, 0.2) is 0 Å². The molecule has 0 aromatic heterocycles. The summed E-state index contributed by atoms with van der Waals surface area (Å²) in [6.45, 7) is 0. The molecular formula is C8H8FN3O2. The van der Waals surface area contributed by atoms with Gasteiger partial charge in [0.2, 0.25) is 0 Å². The van der Waals surface area contributed by atoms with Gasteiger partial charge in [0.1, 0.15) is 5.82 Å². The van der Waals surface area contributed by atoms with E-state index in [9.17, 15) is 14.0 Å². The first-order valence-electron chi connectivity index (χ1n) is 3.71. The number of halogens is 1. The first-order valence-corrected chi connectivity index (χ1v) is 3.71. The van der Waals surface area contributed by atoms with Gasteiger partial charge in [-0.3, -0.25) is 10.2 Å². The molecule has 0 radical (unpaired) electrons. The van der Waals surface area contributed by atoms with Crippen molar-refractivity contribution in [3.8, 4) is 0 Å². The minimum Gasteiger partial charge on any atom is -0.350 e. The lowest BCUT2D eigenvalue weighted by Gasteiger charge is -2.03. The second-order valence-electron chi connectivity index (χ2n) is 2.45. The number of amides is 3. The number of benzene rings is 1. The Bertz CT molecular complexity index is 367. The van der Waals surface area contributed by atoms with E-state index in [4.69, 9.17) is 5.73 Å². The number of carbonyl (C=O) groups is 2.